The predicted molar refractivity (Wildman–Crippen MR) is 124 cm³/mol. The van der Waals surface area contributed by atoms with Crippen molar-refractivity contribution in [3.05, 3.63) is 36.0 Å². The number of aliphatic carboxylic acids is 2. The Bertz CT molecular complexity index is 1120. The fraction of sp³-hybridized carbons (Fsp3) is 0.409. The van der Waals surface area contributed by atoms with Gasteiger partial charge in [0.15, 0.2) is 0 Å². The van der Waals surface area contributed by atoms with Gasteiger partial charge in [-0.05, 0) is 18.6 Å². The maximum absolute atomic E-state index is 12.8. The zero-order chi connectivity index (χ0) is 27.0. The monoisotopic (exact) mass is 507 g/mol. The molecular weight excluding hydrogens is 478 g/mol. The highest BCUT2D eigenvalue weighted by atomic mass is 16.4. The molecule has 0 spiro atoms. The standard InChI is InChI=1S/C22H29N5O9/c1-10(29)18(27-20(33)15(7-17(30)31)25-19(32)13(23)9-28)21(34)26-16(22(35)36)6-11-8-24-14-5-3-2-4-12(11)14/h2-5,8,10,13,15-16,18,24,28-29H,6-7,9,23H2,1H3,(H,25,32)(H,26,34)(H,27,33)(H,30,31)(H,35,36). The first-order chi connectivity index (χ1) is 16.9. The average Bonchev–Trinajstić information content (AvgIpc) is 3.22. The molecule has 0 fully saturated rings. The average molecular weight is 508 g/mol. The van der Waals surface area contributed by atoms with Crippen molar-refractivity contribution in [3.63, 3.8) is 0 Å². The largest absolute Gasteiger partial charge is 0.481 e. The number of carbonyl (C=O) groups excluding carboxylic acids is 3. The van der Waals surface area contributed by atoms with E-state index >= 15 is 0 Å². The van der Waals surface area contributed by atoms with E-state index in [9.17, 15) is 34.2 Å². The van der Waals surface area contributed by atoms with Crippen LogP contribution in [0.15, 0.2) is 30.5 Å². The molecule has 0 aliphatic heterocycles. The van der Waals surface area contributed by atoms with Gasteiger partial charge in [0, 0.05) is 23.5 Å². The molecule has 1 aromatic heterocycles. The summed E-state index contributed by atoms with van der Waals surface area (Å²) in [5, 5.41) is 45.0. The molecule has 5 atom stereocenters. The summed E-state index contributed by atoms with van der Waals surface area (Å²) in [4.78, 5) is 63.4. The first kappa shape index (κ1) is 28.2. The molecule has 0 radical (unpaired) electrons. The van der Waals surface area contributed by atoms with Gasteiger partial charge in [0.2, 0.25) is 17.7 Å². The number of amides is 3. The fourth-order valence-electron chi connectivity index (χ4n) is 3.39. The van der Waals surface area contributed by atoms with Crippen molar-refractivity contribution in [2.24, 2.45) is 5.73 Å². The predicted octanol–water partition coefficient (Wildman–Crippen LogP) is -2.58. The van der Waals surface area contributed by atoms with Gasteiger partial charge in [0.25, 0.3) is 0 Å². The van der Waals surface area contributed by atoms with Crippen LogP contribution in [0.25, 0.3) is 10.9 Å². The Morgan fingerprint density at radius 1 is 0.972 bits per heavy atom. The van der Waals surface area contributed by atoms with Crippen molar-refractivity contribution in [2.45, 2.75) is 50.0 Å². The van der Waals surface area contributed by atoms with Crippen LogP contribution in [0.5, 0.6) is 0 Å². The second kappa shape index (κ2) is 12.6. The normalized spacial score (nSPS) is 15.2. The van der Waals surface area contributed by atoms with E-state index in [0.717, 1.165) is 17.8 Å². The number of nitrogens with one attached hydrogen (secondary N) is 4. The van der Waals surface area contributed by atoms with Gasteiger partial charge in [-0.15, -0.1) is 0 Å². The zero-order valence-corrected chi connectivity index (χ0v) is 19.3. The number of aromatic amines is 1. The number of aliphatic hydroxyl groups is 2. The van der Waals surface area contributed by atoms with Crippen molar-refractivity contribution < 1.29 is 44.4 Å². The van der Waals surface area contributed by atoms with Crippen LogP contribution < -0.4 is 21.7 Å². The second-order valence-corrected chi connectivity index (χ2v) is 8.14. The molecule has 0 saturated heterocycles. The van der Waals surface area contributed by atoms with Crippen LogP contribution in [0.4, 0.5) is 0 Å². The number of hydrogen-bond acceptors (Lipinski definition) is 8. The summed E-state index contributed by atoms with van der Waals surface area (Å²) in [6.07, 6.45) is -0.904. The molecule has 10 N–H and O–H groups in total. The van der Waals surface area contributed by atoms with Crippen molar-refractivity contribution in [2.75, 3.05) is 6.61 Å². The summed E-state index contributed by atoms with van der Waals surface area (Å²) in [6, 6.07) is 0.925. The van der Waals surface area contributed by atoms with Gasteiger partial charge < -0.3 is 47.1 Å². The summed E-state index contributed by atoms with van der Waals surface area (Å²) >= 11 is 0. The Morgan fingerprint density at radius 3 is 2.19 bits per heavy atom. The van der Waals surface area contributed by atoms with Crippen LogP contribution >= 0.6 is 0 Å². The highest BCUT2D eigenvalue weighted by Gasteiger charge is 2.33. The molecule has 1 heterocycles. The number of aromatic nitrogens is 1. The number of carbonyl (C=O) groups is 5. The summed E-state index contributed by atoms with van der Waals surface area (Å²) in [5.41, 5.74) is 6.74. The molecule has 14 nitrogen and oxygen atoms in total. The van der Waals surface area contributed by atoms with Crippen molar-refractivity contribution >= 4 is 40.6 Å². The van der Waals surface area contributed by atoms with E-state index in [0.29, 0.717) is 5.56 Å². The second-order valence-electron chi connectivity index (χ2n) is 8.14. The van der Waals surface area contributed by atoms with E-state index in [1.165, 1.54) is 0 Å². The molecule has 0 bridgehead atoms. The van der Waals surface area contributed by atoms with Crippen LogP contribution in [-0.2, 0) is 30.4 Å². The number of aliphatic hydroxyl groups excluding tert-OH is 2. The third-order valence-corrected chi connectivity index (χ3v) is 5.32. The van der Waals surface area contributed by atoms with Gasteiger partial charge in [-0.1, -0.05) is 18.2 Å². The van der Waals surface area contributed by atoms with Crippen LogP contribution in [0.3, 0.4) is 0 Å². The minimum Gasteiger partial charge on any atom is -0.481 e. The van der Waals surface area contributed by atoms with E-state index in [4.69, 9.17) is 15.9 Å². The van der Waals surface area contributed by atoms with E-state index in [-0.39, 0.29) is 6.42 Å². The maximum atomic E-state index is 12.8. The number of para-hydroxylation sites is 1. The molecule has 5 unspecified atom stereocenters. The van der Waals surface area contributed by atoms with E-state index < -0.39 is 73.0 Å². The fourth-order valence-corrected chi connectivity index (χ4v) is 3.39. The number of fused-ring (bicyclic) bond motifs is 1. The number of benzene rings is 1. The van der Waals surface area contributed by atoms with Crippen molar-refractivity contribution in [1.82, 2.24) is 20.9 Å². The van der Waals surface area contributed by atoms with Crippen molar-refractivity contribution in [1.29, 1.82) is 0 Å². The summed E-state index contributed by atoms with van der Waals surface area (Å²) in [7, 11) is 0. The lowest BCUT2D eigenvalue weighted by Crippen LogP contribution is -2.60. The summed E-state index contributed by atoms with van der Waals surface area (Å²) in [6.45, 7) is 0.394. The Hall–Kier alpha value is -4.01. The van der Waals surface area contributed by atoms with Gasteiger partial charge in [-0.2, -0.15) is 0 Å². The van der Waals surface area contributed by atoms with E-state index in [1.807, 2.05) is 0 Å². The van der Waals surface area contributed by atoms with Crippen LogP contribution in [0.2, 0.25) is 0 Å². The summed E-state index contributed by atoms with van der Waals surface area (Å²) < 4.78 is 0. The van der Waals surface area contributed by atoms with Crippen LogP contribution in [0.1, 0.15) is 18.9 Å². The number of carboxylic acids is 2. The smallest absolute Gasteiger partial charge is 0.326 e. The zero-order valence-electron chi connectivity index (χ0n) is 19.3. The Morgan fingerprint density at radius 2 is 1.61 bits per heavy atom. The SMILES string of the molecule is CC(O)C(NC(=O)C(CC(=O)O)NC(=O)C(N)CO)C(=O)NC(Cc1c[nH]c2ccccc12)C(=O)O. The number of hydrogen-bond donors (Lipinski definition) is 9. The lowest BCUT2D eigenvalue weighted by Gasteiger charge is -2.26. The number of rotatable bonds is 13. The Labute approximate surface area is 204 Å². The molecule has 1 aromatic carbocycles. The van der Waals surface area contributed by atoms with E-state index in [2.05, 4.69) is 20.9 Å². The number of H-pyrrole nitrogens is 1. The molecule has 0 saturated carbocycles. The highest BCUT2D eigenvalue weighted by molar-refractivity contribution is 5.96. The molecular formula is C22H29N5O9. The molecule has 0 aliphatic rings. The topological polar surface area (TPSA) is 244 Å². The lowest BCUT2D eigenvalue weighted by atomic mass is 10.0. The first-order valence-electron chi connectivity index (χ1n) is 10.9. The maximum Gasteiger partial charge on any atom is 0.326 e. The molecule has 0 aliphatic carbocycles. The van der Waals surface area contributed by atoms with E-state index in [1.54, 1.807) is 30.5 Å². The molecule has 14 heteroatoms. The van der Waals surface area contributed by atoms with Crippen LogP contribution in [-0.4, -0.2) is 91.9 Å². The molecule has 2 aromatic rings. The molecule has 36 heavy (non-hydrogen) atoms. The molecule has 2 rings (SSSR count). The first-order valence-corrected chi connectivity index (χ1v) is 10.9. The third kappa shape index (κ3) is 7.49. The Balaban J connectivity index is 2.16. The van der Waals surface area contributed by atoms with Crippen LogP contribution in [0, 0.1) is 0 Å². The summed E-state index contributed by atoms with van der Waals surface area (Å²) in [5.74, 6) is -6.02. The number of nitrogens with two attached hydrogens (primary N) is 1. The minimum atomic E-state index is -1.69. The van der Waals surface area contributed by atoms with Gasteiger partial charge in [0.1, 0.15) is 24.2 Å². The number of carboxylic acid groups (broad SMARTS) is 2. The van der Waals surface area contributed by atoms with Gasteiger partial charge >= 0.3 is 11.9 Å². The third-order valence-electron chi connectivity index (χ3n) is 5.32. The molecule has 196 valence electrons. The lowest BCUT2D eigenvalue weighted by molar-refractivity contribution is -0.144. The van der Waals surface area contributed by atoms with Gasteiger partial charge in [-0.25, -0.2) is 4.79 Å². The quantitative estimate of drug-likeness (QED) is 0.137. The Kier molecular flexibility index (Phi) is 9.90. The minimum absolute atomic E-state index is 0.109. The van der Waals surface area contributed by atoms with Gasteiger partial charge in [-0.3, -0.25) is 19.2 Å². The highest BCUT2D eigenvalue weighted by Crippen LogP contribution is 2.19. The van der Waals surface area contributed by atoms with Gasteiger partial charge in [0.05, 0.1) is 19.1 Å². The molecule has 3 amide bonds. The van der Waals surface area contributed by atoms with Crippen molar-refractivity contribution in [3.8, 4) is 0 Å².